The van der Waals surface area contributed by atoms with Gasteiger partial charge in [0.05, 0.1) is 0 Å². The number of rotatable bonds is 6. The summed E-state index contributed by atoms with van der Waals surface area (Å²) in [5.41, 5.74) is 1.23. The molecule has 1 aliphatic rings. The van der Waals surface area contributed by atoms with Crippen LogP contribution in [0.2, 0.25) is 0 Å². The summed E-state index contributed by atoms with van der Waals surface area (Å²) in [7, 11) is 0. The summed E-state index contributed by atoms with van der Waals surface area (Å²) in [6, 6.07) is 0. The SMILES string of the molecule is C=C/C=C\C(=C/CCC)C1(C(=C)Cl)CCNCC1. The maximum absolute atomic E-state index is 6.34. The van der Waals surface area contributed by atoms with Crippen molar-refractivity contribution in [2.45, 2.75) is 32.6 Å². The third kappa shape index (κ3) is 3.60. The topological polar surface area (TPSA) is 12.0 Å². The largest absolute Gasteiger partial charge is 0.317 e. The first-order valence-corrected chi connectivity index (χ1v) is 7.10. The van der Waals surface area contributed by atoms with Crippen molar-refractivity contribution in [3.63, 3.8) is 0 Å². The minimum absolute atomic E-state index is 0.0680. The molecule has 0 spiro atoms. The van der Waals surface area contributed by atoms with E-state index in [4.69, 9.17) is 11.6 Å². The van der Waals surface area contributed by atoms with E-state index >= 15 is 0 Å². The highest BCUT2D eigenvalue weighted by molar-refractivity contribution is 6.30. The highest BCUT2D eigenvalue weighted by Crippen LogP contribution is 2.45. The summed E-state index contributed by atoms with van der Waals surface area (Å²) in [5.74, 6) is 0. The molecule has 0 aliphatic carbocycles. The zero-order valence-corrected chi connectivity index (χ0v) is 12.1. The normalized spacial score (nSPS) is 20.0. The van der Waals surface area contributed by atoms with E-state index in [1.54, 1.807) is 0 Å². The zero-order valence-electron chi connectivity index (χ0n) is 11.3. The van der Waals surface area contributed by atoms with E-state index in [2.05, 4.69) is 37.6 Å². The molecule has 1 fully saturated rings. The van der Waals surface area contributed by atoms with Gasteiger partial charge < -0.3 is 5.32 Å². The van der Waals surface area contributed by atoms with Crippen LogP contribution in [0.1, 0.15) is 32.6 Å². The average molecular weight is 266 g/mol. The minimum Gasteiger partial charge on any atom is -0.317 e. The van der Waals surface area contributed by atoms with Crippen LogP contribution in [0, 0.1) is 5.41 Å². The lowest BCUT2D eigenvalue weighted by Crippen LogP contribution is -2.38. The smallest absolute Gasteiger partial charge is 0.0325 e. The van der Waals surface area contributed by atoms with Gasteiger partial charge in [-0.15, -0.1) is 0 Å². The molecule has 18 heavy (non-hydrogen) atoms. The molecule has 1 saturated heterocycles. The second-order valence-corrected chi connectivity index (χ2v) is 5.24. The Hall–Kier alpha value is -0.790. The van der Waals surface area contributed by atoms with Crippen molar-refractivity contribution in [2.24, 2.45) is 5.41 Å². The van der Waals surface area contributed by atoms with Crippen LogP contribution in [0.25, 0.3) is 0 Å². The zero-order chi connectivity index (χ0) is 13.4. The van der Waals surface area contributed by atoms with Gasteiger partial charge in [-0.05, 0) is 37.9 Å². The first-order chi connectivity index (χ1) is 8.67. The maximum atomic E-state index is 6.34. The lowest BCUT2D eigenvalue weighted by atomic mass is 9.72. The van der Waals surface area contributed by atoms with Crippen LogP contribution in [0.15, 0.2) is 48.1 Å². The maximum Gasteiger partial charge on any atom is 0.0325 e. The van der Waals surface area contributed by atoms with Crippen molar-refractivity contribution in [3.8, 4) is 0 Å². The molecule has 0 bridgehead atoms. The Morgan fingerprint density at radius 1 is 1.39 bits per heavy atom. The number of halogens is 1. The van der Waals surface area contributed by atoms with Crippen LogP contribution < -0.4 is 5.32 Å². The lowest BCUT2D eigenvalue weighted by Gasteiger charge is -2.38. The van der Waals surface area contributed by atoms with Gasteiger partial charge in [0.25, 0.3) is 0 Å². The van der Waals surface area contributed by atoms with Crippen LogP contribution in [-0.2, 0) is 0 Å². The number of hydrogen-bond acceptors (Lipinski definition) is 1. The highest BCUT2D eigenvalue weighted by Gasteiger charge is 2.36. The second-order valence-electron chi connectivity index (χ2n) is 4.78. The third-order valence-electron chi connectivity index (χ3n) is 3.59. The van der Waals surface area contributed by atoms with E-state index in [1.807, 2.05) is 12.2 Å². The van der Waals surface area contributed by atoms with E-state index in [0.717, 1.165) is 43.8 Å². The molecule has 0 radical (unpaired) electrons. The summed E-state index contributed by atoms with van der Waals surface area (Å²) >= 11 is 6.34. The molecular formula is C16H24ClN. The second kappa shape index (κ2) is 7.60. The van der Waals surface area contributed by atoms with Gasteiger partial charge in [0.1, 0.15) is 0 Å². The molecule has 0 unspecified atom stereocenters. The van der Waals surface area contributed by atoms with Crippen molar-refractivity contribution < 1.29 is 0 Å². The summed E-state index contributed by atoms with van der Waals surface area (Å²) in [4.78, 5) is 0. The summed E-state index contributed by atoms with van der Waals surface area (Å²) < 4.78 is 0. The first-order valence-electron chi connectivity index (χ1n) is 6.72. The molecule has 0 aromatic heterocycles. The monoisotopic (exact) mass is 265 g/mol. The third-order valence-corrected chi connectivity index (χ3v) is 3.96. The Bertz CT molecular complexity index is 346. The Balaban J connectivity index is 3.07. The van der Waals surface area contributed by atoms with E-state index in [0.29, 0.717) is 0 Å². The standard InChI is InChI=1S/C16H24ClN/c1-4-6-8-15(9-7-5-2)16(14(3)17)10-12-18-13-11-16/h4,6,8-9,18H,1,3,5,7,10-13H2,2H3/b8-6-,15-9+. The van der Waals surface area contributed by atoms with Crippen LogP contribution in [0.4, 0.5) is 0 Å². The van der Waals surface area contributed by atoms with E-state index in [9.17, 15) is 0 Å². The fourth-order valence-electron chi connectivity index (χ4n) is 2.46. The predicted octanol–water partition coefficient (Wildman–Crippen LogP) is 4.58. The number of nitrogens with one attached hydrogen (secondary N) is 1. The first kappa shape index (κ1) is 15.3. The Morgan fingerprint density at radius 2 is 2.06 bits per heavy atom. The van der Waals surface area contributed by atoms with Gasteiger partial charge in [0, 0.05) is 10.4 Å². The number of hydrogen-bond donors (Lipinski definition) is 1. The molecule has 1 heterocycles. The number of unbranched alkanes of at least 4 members (excludes halogenated alkanes) is 1. The molecule has 0 aromatic carbocycles. The summed E-state index contributed by atoms with van der Waals surface area (Å²) in [5, 5.41) is 4.15. The van der Waals surface area contributed by atoms with E-state index < -0.39 is 0 Å². The molecule has 0 amide bonds. The Kier molecular flexibility index (Phi) is 6.45. The molecule has 0 saturated carbocycles. The summed E-state index contributed by atoms with van der Waals surface area (Å²) in [6.07, 6.45) is 12.5. The van der Waals surface area contributed by atoms with Gasteiger partial charge >= 0.3 is 0 Å². The van der Waals surface area contributed by atoms with Crippen molar-refractivity contribution in [2.75, 3.05) is 13.1 Å². The minimum atomic E-state index is -0.0680. The lowest BCUT2D eigenvalue weighted by molar-refractivity contribution is 0.322. The van der Waals surface area contributed by atoms with Crippen molar-refractivity contribution in [1.29, 1.82) is 0 Å². The van der Waals surface area contributed by atoms with Gasteiger partial charge in [-0.25, -0.2) is 0 Å². The molecule has 0 aromatic rings. The average Bonchev–Trinajstić information content (AvgIpc) is 2.39. The van der Waals surface area contributed by atoms with Crippen LogP contribution in [0.5, 0.6) is 0 Å². The molecule has 2 heteroatoms. The molecule has 1 nitrogen and oxygen atoms in total. The van der Waals surface area contributed by atoms with Crippen molar-refractivity contribution in [1.82, 2.24) is 5.32 Å². The van der Waals surface area contributed by atoms with Gasteiger partial charge in [-0.2, -0.15) is 0 Å². The van der Waals surface area contributed by atoms with Crippen molar-refractivity contribution in [3.05, 3.63) is 48.1 Å². The summed E-state index contributed by atoms with van der Waals surface area (Å²) in [6.45, 7) is 12.0. The molecule has 1 N–H and O–H groups in total. The molecule has 1 rings (SSSR count). The van der Waals surface area contributed by atoms with E-state index in [-0.39, 0.29) is 5.41 Å². The van der Waals surface area contributed by atoms with Crippen LogP contribution >= 0.6 is 11.6 Å². The molecule has 1 aliphatic heterocycles. The van der Waals surface area contributed by atoms with E-state index in [1.165, 1.54) is 5.57 Å². The quantitative estimate of drug-likeness (QED) is 0.694. The van der Waals surface area contributed by atoms with Gasteiger partial charge in [0.15, 0.2) is 0 Å². The molecular weight excluding hydrogens is 242 g/mol. The highest BCUT2D eigenvalue weighted by atomic mass is 35.5. The Labute approximate surface area is 116 Å². The van der Waals surface area contributed by atoms with Gasteiger partial charge in [-0.1, -0.05) is 62.4 Å². The molecule has 0 atom stereocenters. The fraction of sp³-hybridized carbons (Fsp3) is 0.500. The van der Waals surface area contributed by atoms with Crippen LogP contribution in [-0.4, -0.2) is 13.1 Å². The van der Waals surface area contributed by atoms with Gasteiger partial charge in [-0.3, -0.25) is 0 Å². The Morgan fingerprint density at radius 3 is 2.56 bits per heavy atom. The predicted molar refractivity (Wildman–Crippen MR) is 81.9 cm³/mol. The number of piperidine rings is 1. The van der Waals surface area contributed by atoms with Gasteiger partial charge in [0.2, 0.25) is 0 Å². The van der Waals surface area contributed by atoms with Crippen molar-refractivity contribution >= 4 is 11.6 Å². The fourth-order valence-corrected chi connectivity index (χ4v) is 2.76. The van der Waals surface area contributed by atoms with Crippen LogP contribution in [0.3, 0.4) is 0 Å². The number of allylic oxidation sites excluding steroid dienone is 6. The molecule has 100 valence electrons.